The summed E-state index contributed by atoms with van der Waals surface area (Å²) in [6.07, 6.45) is 0. The zero-order chi connectivity index (χ0) is 5.86. The number of rotatable bonds is 1. The maximum absolute atomic E-state index is 10.1. The van der Waals surface area contributed by atoms with E-state index >= 15 is 0 Å². The van der Waals surface area contributed by atoms with Crippen LogP contribution in [0.25, 0.3) is 0 Å². The average molecular weight is 164 g/mol. The Balaban J connectivity index is 3.13. The normalized spacial score (nSPS) is 9.14. The molecule has 0 aliphatic carbocycles. The van der Waals surface area contributed by atoms with Crippen molar-refractivity contribution in [1.29, 1.82) is 0 Å². The minimum atomic E-state index is -1.13. The van der Waals surface area contributed by atoms with E-state index in [1.807, 2.05) is 11.4 Å². The van der Waals surface area contributed by atoms with Gasteiger partial charge in [0.15, 0.2) is 0 Å². The molecule has 0 fully saturated rings. The van der Waals surface area contributed by atoms with Crippen molar-refractivity contribution in [2.45, 2.75) is 18.3 Å². The number of carbonyl (C=O) groups is 1. The van der Waals surface area contributed by atoms with Crippen LogP contribution in [0.3, 0.4) is 0 Å². The van der Waals surface area contributed by atoms with E-state index in [0.29, 0.717) is 0 Å². The first-order valence-corrected chi connectivity index (χ1v) is 6.50. The molecule has 0 aromatic heterocycles. The molecule has 0 rings (SSSR count). The fraction of sp³-hybridized carbons (Fsp3) is 0.750. The Morgan fingerprint density at radius 1 is 1.57 bits per heavy atom. The summed E-state index contributed by atoms with van der Waals surface area (Å²) in [4.78, 5) is 10.1. The Bertz CT molecular complexity index is 70.1. The topological polar surface area (TPSA) is 26.3 Å². The average Bonchev–Trinajstić information content (AvgIpc) is 1.27. The van der Waals surface area contributed by atoms with Crippen LogP contribution in [0.2, 0.25) is 11.4 Å². The van der Waals surface area contributed by atoms with E-state index in [-0.39, 0.29) is 5.97 Å². The van der Waals surface area contributed by atoms with Crippen LogP contribution >= 0.6 is 0 Å². The molecule has 0 unspecified atom stereocenters. The van der Waals surface area contributed by atoms with Crippen LogP contribution in [0, 0.1) is 0 Å². The van der Waals surface area contributed by atoms with Crippen molar-refractivity contribution < 1.29 is 8.52 Å². The van der Waals surface area contributed by atoms with Crippen LogP contribution in [0.5, 0.6) is 0 Å². The molecule has 2 nitrogen and oxygen atoms in total. The Morgan fingerprint density at radius 3 is 2.00 bits per heavy atom. The Hall–Kier alpha value is 0.0284. The van der Waals surface area contributed by atoms with Gasteiger partial charge in [0.1, 0.15) is 0 Å². The SMILES string of the molecule is CC(=O)O[As](C)C. The summed E-state index contributed by atoms with van der Waals surface area (Å²) in [7, 11) is 0. The van der Waals surface area contributed by atoms with Gasteiger partial charge in [-0.2, -0.15) is 0 Å². The summed E-state index contributed by atoms with van der Waals surface area (Å²) in [5.74, 6) is -0.148. The Kier molecular flexibility index (Phi) is 3.10. The maximum atomic E-state index is 10.1. The van der Waals surface area contributed by atoms with Gasteiger partial charge in [0.25, 0.3) is 0 Å². The molecule has 7 heavy (non-hydrogen) atoms. The summed E-state index contributed by atoms with van der Waals surface area (Å²) in [5.41, 5.74) is 3.93. The molecule has 0 bridgehead atoms. The van der Waals surface area contributed by atoms with Crippen molar-refractivity contribution in [3.8, 4) is 0 Å². The van der Waals surface area contributed by atoms with E-state index in [0.717, 1.165) is 0 Å². The second-order valence-electron chi connectivity index (χ2n) is 1.40. The van der Waals surface area contributed by atoms with Crippen LogP contribution in [-0.4, -0.2) is 21.0 Å². The first-order valence-electron chi connectivity index (χ1n) is 1.99. The summed E-state index contributed by atoms with van der Waals surface area (Å²) >= 11 is -1.13. The van der Waals surface area contributed by atoms with E-state index in [1.54, 1.807) is 0 Å². The second-order valence-corrected chi connectivity index (χ2v) is 5.19. The molecular formula is C4H9AsO2. The standard InChI is InChI=1S/C4H9AsO2/c1-4(6)7-5(2)3/h1-3H3. The van der Waals surface area contributed by atoms with E-state index < -0.39 is 15.0 Å². The molecule has 0 aliphatic rings. The monoisotopic (exact) mass is 164 g/mol. The number of carbonyl (C=O) groups excluding carboxylic acids is 1. The third kappa shape index (κ3) is 6.03. The van der Waals surface area contributed by atoms with Crippen molar-refractivity contribution >= 4 is 21.0 Å². The van der Waals surface area contributed by atoms with Crippen LogP contribution in [0.4, 0.5) is 0 Å². The van der Waals surface area contributed by atoms with E-state index in [1.165, 1.54) is 6.92 Å². The molecule has 0 aliphatic heterocycles. The van der Waals surface area contributed by atoms with Crippen LogP contribution in [-0.2, 0) is 8.52 Å². The molecule has 0 aromatic carbocycles. The number of hydrogen-bond acceptors (Lipinski definition) is 2. The molecule has 0 saturated heterocycles. The molecule has 3 heteroatoms. The summed E-state index contributed by atoms with van der Waals surface area (Å²) < 4.78 is 4.76. The van der Waals surface area contributed by atoms with Gasteiger partial charge in [-0.3, -0.25) is 0 Å². The van der Waals surface area contributed by atoms with Crippen molar-refractivity contribution in [1.82, 2.24) is 0 Å². The van der Waals surface area contributed by atoms with Crippen molar-refractivity contribution in [2.24, 2.45) is 0 Å². The minimum absolute atomic E-state index is 0.148. The van der Waals surface area contributed by atoms with Crippen molar-refractivity contribution in [3.63, 3.8) is 0 Å². The zero-order valence-electron chi connectivity index (χ0n) is 4.76. The van der Waals surface area contributed by atoms with Gasteiger partial charge in [0.2, 0.25) is 0 Å². The second kappa shape index (κ2) is 3.09. The number of hydrogen-bond donors (Lipinski definition) is 0. The molecule has 0 radical (unpaired) electrons. The molecule has 0 N–H and O–H groups in total. The molecule has 0 amide bonds. The summed E-state index contributed by atoms with van der Waals surface area (Å²) in [5, 5.41) is 0. The van der Waals surface area contributed by atoms with Gasteiger partial charge in [0, 0.05) is 0 Å². The predicted molar refractivity (Wildman–Crippen MR) is 29.2 cm³/mol. The van der Waals surface area contributed by atoms with Crippen LogP contribution in [0.1, 0.15) is 6.92 Å². The van der Waals surface area contributed by atoms with E-state index in [4.69, 9.17) is 3.73 Å². The molecule has 42 valence electrons. The van der Waals surface area contributed by atoms with E-state index in [9.17, 15) is 4.79 Å². The first kappa shape index (κ1) is 7.03. The third-order valence-corrected chi connectivity index (χ3v) is 1.62. The van der Waals surface area contributed by atoms with Gasteiger partial charge >= 0.3 is 47.8 Å². The Morgan fingerprint density at radius 2 is 2.00 bits per heavy atom. The quantitative estimate of drug-likeness (QED) is 0.536. The van der Waals surface area contributed by atoms with E-state index in [2.05, 4.69) is 0 Å². The van der Waals surface area contributed by atoms with Crippen LogP contribution in [0.15, 0.2) is 0 Å². The Labute approximate surface area is 48.5 Å². The third-order valence-electron chi connectivity index (χ3n) is 0.311. The molecular weight excluding hydrogens is 155 g/mol. The van der Waals surface area contributed by atoms with Crippen molar-refractivity contribution in [2.75, 3.05) is 0 Å². The van der Waals surface area contributed by atoms with Crippen LogP contribution < -0.4 is 0 Å². The van der Waals surface area contributed by atoms with Gasteiger partial charge in [-0.05, 0) is 0 Å². The van der Waals surface area contributed by atoms with Gasteiger partial charge in [-0.15, -0.1) is 0 Å². The van der Waals surface area contributed by atoms with Gasteiger partial charge in [-0.25, -0.2) is 0 Å². The fourth-order valence-corrected chi connectivity index (χ4v) is 1.34. The molecule has 0 atom stereocenters. The molecule has 0 saturated carbocycles. The summed E-state index contributed by atoms with van der Waals surface area (Å²) in [6, 6.07) is 0. The molecule has 0 spiro atoms. The predicted octanol–water partition coefficient (Wildman–Crippen LogP) is 0.801. The van der Waals surface area contributed by atoms with Gasteiger partial charge in [0.05, 0.1) is 0 Å². The summed E-state index contributed by atoms with van der Waals surface area (Å²) in [6.45, 7) is 1.44. The zero-order valence-corrected chi connectivity index (χ0v) is 6.64. The van der Waals surface area contributed by atoms with Gasteiger partial charge in [-0.1, -0.05) is 0 Å². The van der Waals surface area contributed by atoms with Gasteiger partial charge < -0.3 is 0 Å². The van der Waals surface area contributed by atoms with Crippen molar-refractivity contribution in [3.05, 3.63) is 0 Å². The fourth-order valence-electron chi connectivity index (χ4n) is 0.257. The molecule has 0 aromatic rings. The first-order chi connectivity index (χ1) is 3.13. The molecule has 0 heterocycles.